The molecule has 0 bridgehead atoms. The van der Waals surface area contributed by atoms with Crippen LogP contribution in [0.5, 0.6) is 0 Å². The summed E-state index contributed by atoms with van der Waals surface area (Å²) >= 11 is 0. The molecule has 1 N–H and O–H groups in total. The van der Waals surface area contributed by atoms with E-state index in [2.05, 4.69) is 15.3 Å². The molecule has 0 aliphatic rings. The van der Waals surface area contributed by atoms with Gasteiger partial charge < -0.3 is 5.32 Å². The van der Waals surface area contributed by atoms with E-state index in [4.69, 9.17) is 0 Å². The van der Waals surface area contributed by atoms with Gasteiger partial charge in [-0.3, -0.25) is 9.78 Å². The Bertz CT molecular complexity index is 1150. The molecule has 0 atom stereocenters. The third-order valence-electron chi connectivity index (χ3n) is 4.76. The van der Waals surface area contributed by atoms with Gasteiger partial charge in [0.1, 0.15) is 11.6 Å². The highest BCUT2D eigenvalue weighted by Gasteiger charge is 2.07. The van der Waals surface area contributed by atoms with Crippen molar-refractivity contribution in [2.45, 2.75) is 13.3 Å². The third-order valence-corrected chi connectivity index (χ3v) is 4.76. The number of rotatable bonds is 5. The number of benzene rings is 2. The molecule has 0 saturated heterocycles. The number of anilines is 1. The summed E-state index contributed by atoms with van der Waals surface area (Å²) < 4.78 is 13.0. The Kier molecular flexibility index (Phi) is 5.61. The molecule has 0 unspecified atom stereocenters. The highest BCUT2D eigenvalue weighted by molar-refractivity contribution is 5.91. The number of carbonyl (C=O) groups excluding carboxylic acids is 1. The summed E-state index contributed by atoms with van der Waals surface area (Å²) in [7, 11) is 0. The lowest BCUT2D eigenvalue weighted by atomic mass is 10.0. The Labute approximate surface area is 174 Å². The normalized spacial score (nSPS) is 10.6. The maximum Gasteiger partial charge on any atom is 0.229 e. The van der Waals surface area contributed by atoms with Crippen molar-refractivity contribution in [1.82, 2.24) is 9.97 Å². The van der Waals surface area contributed by atoms with Crippen molar-refractivity contribution in [2.24, 2.45) is 0 Å². The van der Waals surface area contributed by atoms with Gasteiger partial charge in [0.05, 0.1) is 6.42 Å². The summed E-state index contributed by atoms with van der Waals surface area (Å²) in [5.74, 6) is 0.0683. The fourth-order valence-electron chi connectivity index (χ4n) is 3.19. The van der Waals surface area contributed by atoms with Gasteiger partial charge in [0, 0.05) is 23.7 Å². The average Bonchev–Trinajstić information content (AvgIpc) is 2.75. The number of carbonyl (C=O) groups is 1. The Balaban J connectivity index is 1.38. The number of aryl methyl sites for hydroxylation is 1. The van der Waals surface area contributed by atoms with Crippen molar-refractivity contribution in [3.05, 3.63) is 102 Å². The number of halogens is 1. The van der Waals surface area contributed by atoms with E-state index >= 15 is 0 Å². The number of pyridine rings is 2. The van der Waals surface area contributed by atoms with Gasteiger partial charge in [-0.2, -0.15) is 0 Å². The van der Waals surface area contributed by atoms with E-state index in [0.717, 1.165) is 33.5 Å². The fourth-order valence-corrected chi connectivity index (χ4v) is 3.19. The van der Waals surface area contributed by atoms with E-state index in [0.29, 0.717) is 5.82 Å². The molecule has 4 rings (SSSR count). The Morgan fingerprint density at radius 2 is 1.50 bits per heavy atom. The number of aromatic nitrogens is 2. The quantitative estimate of drug-likeness (QED) is 0.488. The number of hydrogen-bond acceptors (Lipinski definition) is 3. The van der Waals surface area contributed by atoms with Crippen molar-refractivity contribution in [3.8, 4) is 22.3 Å². The minimum Gasteiger partial charge on any atom is -0.310 e. The van der Waals surface area contributed by atoms with E-state index in [1.807, 2.05) is 49.4 Å². The van der Waals surface area contributed by atoms with E-state index in [-0.39, 0.29) is 18.1 Å². The van der Waals surface area contributed by atoms with Crippen LogP contribution >= 0.6 is 0 Å². The maximum atomic E-state index is 13.0. The second-order valence-electron chi connectivity index (χ2n) is 7.05. The Hall–Kier alpha value is -3.86. The standard InChI is InChI=1S/C25H20FN3O/c1-17-14-21(12-13-27-17)19-4-2-18(3-5-19)15-25(30)29-24-11-8-22(16-28-24)20-6-9-23(26)10-7-20/h2-14,16H,15H2,1H3,(H,28,29,30). The monoisotopic (exact) mass is 397 g/mol. The van der Waals surface area contributed by atoms with Gasteiger partial charge in [0.25, 0.3) is 0 Å². The van der Waals surface area contributed by atoms with Crippen LogP contribution in [0.3, 0.4) is 0 Å². The van der Waals surface area contributed by atoms with Crippen LogP contribution in [0.15, 0.2) is 85.2 Å². The molecule has 2 heterocycles. The largest absolute Gasteiger partial charge is 0.310 e. The highest BCUT2D eigenvalue weighted by Crippen LogP contribution is 2.21. The Morgan fingerprint density at radius 3 is 2.17 bits per heavy atom. The lowest BCUT2D eigenvalue weighted by Crippen LogP contribution is -2.15. The molecule has 2 aromatic heterocycles. The molecule has 4 nitrogen and oxygen atoms in total. The molecule has 0 fully saturated rings. The molecule has 0 saturated carbocycles. The lowest BCUT2D eigenvalue weighted by molar-refractivity contribution is -0.115. The first-order valence-electron chi connectivity index (χ1n) is 9.61. The first kappa shape index (κ1) is 19.5. The number of hydrogen-bond donors (Lipinski definition) is 1. The van der Waals surface area contributed by atoms with Gasteiger partial charge in [-0.15, -0.1) is 0 Å². The topological polar surface area (TPSA) is 54.9 Å². The van der Waals surface area contributed by atoms with Crippen LogP contribution in [-0.2, 0) is 11.2 Å². The first-order valence-corrected chi connectivity index (χ1v) is 9.61. The highest BCUT2D eigenvalue weighted by atomic mass is 19.1. The van der Waals surface area contributed by atoms with Gasteiger partial charge >= 0.3 is 0 Å². The summed E-state index contributed by atoms with van der Waals surface area (Å²) in [5.41, 5.74) is 5.80. The van der Waals surface area contributed by atoms with E-state index in [1.54, 1.807) is 30.6 Å². The van der Waals surface area contributed by atoms with Gasteiger partial charge in [-0.1, -0.05) is 36.4 Å². The van der Waals surface area contributed by atoms with Gasteiger partial charge in [0.2, 0.25) is 5.91 Å². The lowest BCUT2D eigenvalue weighted by Gasteiger charge is -2.07. The minimum absolute atomic E-state index is 0.135. The molecule has 5 heteroatoms. The van der Waals surface area contributed by atoms with Crippen molar-refractivity contribution in [2.75, 3.05) is 5.32 Å². The maximum absolute atomic E-state index is 13.0. The van der Waals surface area contributed by atoms with Gasteiger partial charge in [-0.05, 0) is 65.6 Å². The van der Waals surface area contributed by atoms with Crippen LogP contribution < -0.4 is 5.32 Å². The van der Waals surface area contributed by atoms with Crippen molar-refractivity contribution < 1.29 is 9.18 Å². The van der Waals surface area contributed by atoms with E-state index in [1.165, 1.54) is 12.1 Å². The SMILES string of the molecule is Cc1cc(-c2ccc(CC(=O)Nc3ccc(-c4ccc(F)cc4)cn3)cc2)ccn1. The summed E-state index contributed by atoms with van der Waals surface area (Å²) in [6.07, 6.45) is 3.71. The van der Waals surface area contributed by atoms with Crippen LogP contribution in [0, 0.1) is 12.7 Å². The van der Waals surface area contributed by atoms with Crippen LogP contribution in [-0.4, -0.2) is 15.9 Å². The zero-order valence-corrected chi connectivity index (χ0v) is 16.5. The summed E-state index contributed by atoms with van der Waals surface area (Å²) in [6.45, 7) is 1.96. The first-order chi connectivity index (χ1) is 14.6. The van der Waals surface area contributed by atoms with Gasteiger partial charge in [-0.25, -0.2) is 9.37 Å². The molecule has 0 aliphatic heterocycles. The van der Waals surface area contributed by atoms with E-state index in [9.17, 15) is 9.18 Å². The second kappa shape index (κ2) is 8.66. The summed E-state index contributed by atoms with van der Waals surface area (Å²) in [5, 5.41) is 2.81. The average molecular weight is 397 g/mol. The molecule has 1 amide bonds. The molecule has 0 radical (unpaired) electrons. The minimum atomic E-state index is -0.278. The third kappa shape index (κ3) is 4.75. The zero-order valence-electron chi connectivity index (χ0n) is 16.5. The molecular weight excluding hydrogens is 377 g/mol. The molecule has 0 aliphatic carbocycles. The summed E-state index contributed by atoms with van der Waals surface area (Å²) in [4.78, 5) is 20.9. The molecule has 148 valence electrons. The number of amides is 1. The van der Waals surface area contributed by atoms with Crippen molar-refractivity contribution in [1.29, 1.82) is 0 Å². The smallest absolute Gasteiger partial charge is 0.229 e. The fraction of sp³-hybridized carbons (Fsp3) is 0.0800. The predicted molar refractivity (Wildman–Crippen MR) is 116 cm³/mol. The Morgan fingerprint density at radius 1 is 0.833 bits per heavy atom. The van der Waals surface area contributed by atoms with E-state index < -0.39 is 0 Å². The molecule has 4 aromatic rings. The van der Waals surface area contributed by atoms with Crippen LogP contribution in [0.2, 0.25) is 0 Å². The second-order valence-corrected chi connectivity index (χ2v) is 7.05. The van der Waals surface area contributed by atoms with Crippen LogP contribution in [0.4, 0.5) is 10.2 Å². The van der Waals surface area contributed by atoms with Crippen molar-refractivity contribution >= 4 is 11.7 Å². The molecule has 30 heavy (non-hydrogen) atoms. The van der Waals surface area contributed by atoms with Crippen LogP contribution in [0.25, 0.3) is 22.3 Å². The molecule has 0 spiro atoms. The zero-order chi connectivity index (χ0) is 20.9. The predicted octanol–water partition coefficient (Wildman–Crippen LogP) is 5.44. The number of nitrogens with zero attached hydrogens (tertiary/aromatic N) is 2. The van der Waals surface area contributed by atoms with Crippen molar-refractivity contribution in [3.63, 3.8) is 0 Å². The van der Waals surface area contributed by atoms with Crippen LogP contribution in [0.1, 0.15) is 11.3 Å². The molecule has 2 aromatic carbocycles. The molecular formula is C25H20FN3O. The van der Waals surface area contributed by atoms with Gasteiger partial charge in [0.15, 0.2) is 0 Å². The summed E-state index contributed by atoms with van der Waals surface area (Å²) in [6, 6.07) is 21.7. The number of nitrogens with one attached hydrogen (secondary N) is 1.